The van der Waals surface area contributed by atoms with Gasteiger partial charge in [0.15, 0.2) is 11.2 Å². The Morgan fingerprint density at radius 2 is 2.33 bits per heavy atom. The zero-order chi connectivity index (χ0) is 15.6. The summed E-state index contributed by atoms with van der Waals surface area (Å²) in [6, 6.07) is 0. The molecule has 0 fully saturated rings. The summed E-state index contributed by atoms with van der Waals surface area (Å²) in [6.07, 6.45) is 1.34. The maximum atomic E-state index is 11.6. The highest BCUT2D eigenvalue weighted by atomic mass is 31.2. The Morgan fingerprint density at radius 1 is 1.62 bits per heavy atom. The highest BCUT2D eigenvalue weighted by Gasteiger charge is 2.18. The highest BCUT2D eigenvalue weighted by Crippen LogP contribution is 2.34. The molecule has 10 nitrogen and oxygen atoms in total. The SMILES string of the molecule is C=C[C@H](Cn1cnc2c(=O)[nH]c(N)nc21)OCP(=O)(O)O. The number of nitrogens with one attached hydrogen (secondary N) is 1. The second-order valence-corrected chi connectivity index (χ2v) is 5.84. The van der Waals surface area contributed by atoms with E-state index < -0.39 is 25.6 Å². The minimum Gasteiger partial charge on any atom is -0.369 e. The number of imidazole rings is 1. The average molecular weight is 315 g/mol. The molecule has 0 aliphatic heterocycles. The van der Waals surface area contributed by atoms with E-state index in [1.54, 1.807) is 0 Å². The molecule has 0 aliphatic rings. The number of H-pyrrole nitrogens is 1. The van der Waals surface area contributed by atoms with E-state index in [9.17, 15) is 9.36 Å². The van der Waals surface area contributed by atoms with Crippen molar-refractivity contribution in [3.8, 4) is 0 Å². The number of fused-ring (bicyclic) bond motifs is 1. The van der Waals surface area contributed by atoms with Gasteiger partial charge in [-0.1, -0.05) is 6.08 Å². The molecule has 2 rings (SSSR count). The summed E-state index contributed by atoms with van der Waals surface area (Å²) in [4.78, 5) is 39.4. The first kappa shape index (κ1) is 15.4. The fourth-order valence-corrected chi connectivity index (χ4v) is 2.07. The van der Waals surface area contributed by atoms with Crippen LogP contribution in [-0.2, 0) is 15.8 Å². The first-order valence-corrected chi connectivity index (χ1v) is 7.59. The second kappa shape index (κ2) is 5.78. The first-order chi connectivity index (χ1) is 9.80. The Balaban J connectivity index is 2.24. The van der Waals surface area contributed by atoms with Gasteiger partial charge in [-0.25, -0.2) is 4.98 Å². The van der Waals surface area contributed by atoms with Crippen molar-refractivity contribution in [2.24, 2.45) is 0 Å². The van der Waals surface area contributed by atoms with Gasteiger partial charge >= 0.3 is 7.60 Å². The summed E-state index contributed by atoms with van der Waals surface area (Å²) in [7, 11) is -4.27. The standard InChI is InChI=1S/C10H14N5O5P/c1-2-6(20-5-21(17,18)19)3-15-4-12-7-8(15)13-10(11)14-9(7)16/h2,4,6H,1,3,5H2,(H2,17,18,19)(H3,11,13,14,16)/t6-/m1/s1. The summed E-state index contributed by atoms with van der Waals surface area (Å²) in [5.41, 5.74) is 5.37. The van der Waals surface area contributed by atoms with E-state index in [1.807, 2.05) is 0 Å². The smallest absolute Gasteiger partial charge is 0.351 e. The molecule has 2 aromatic heterocycles. The van der Waals surface area contributed by atoms with Crippen LogP contribution in [0.4, 0.5) is 5.95 Å². The van der Waals surface area contributed by atoms with Crippen molar-refractivity contribution in [1.82, 2.24) is 19.5 Å². The molecule has 0 aromatic carbocycles. The molecule has 0 bridgehead atoms. The van der Waals surface area contributed by atoms with Gasteiger partial charge < -0.3 is 24.8 Å². The average Bonchev–Trinajstić information content (AvgIpc) is 2.76. The second-order valence-electron chi connectivity index (χ2n) is 4.25. The minimum atomic E-state index is -4.27. The molecule has 114 valence electrons. The third-order valence-electron chi connectivity index (χ3n) is 2.59. The molecule has 0 spiro atoms. The Morgan fingerprint density at radius 3 is 2.95 bits per heavy atom. The number of hydrogen-bond acceptors (Lipinski definition) is 6. The highest BCUT2D eigenvalue weighted by molar-refractivity contribution is 7.51. The van der Waals surface area contributed by atoms with Crippen molar-refractivity contribution in [3.05, 3.63) is 29.3 Å². The van der Waals surface area contributed by atoms with Crippen molar-refractivity contribution >= 4 is 24.7 Å². The molecule has 1 atom stereocenters. The first-order valence-electron chi connectivity index (χ1n) is 5.79. The van der Waals surface area contributed by atoms with Crippen LogP contribution in [0.5, 0.6) is 0 Å². The molecule has 11 heteroatoms. The lowest BCUT2D eigenvalue weighted by Gasteiger charge is -2.15. The Hall–Kier alpha value is -2.00. The van der Waals surface area contributed by atoms with Crippen LogP contribution in [0.1, 0.15) is 0 Å². The molecular weight excluding hydrogens is 301 g/mol. The quantitative estimate of drug-likeness (QED) is 0.407. The number of anilines is 1. The number of nitrogen functional groups attached to an aromatic ring is 1. The van der Waals surface area contributed by atoms with Gasteiger partial charge in [0, 0.05) is 0 Å². The number of rotatable bonds is 6. The maximum Gasteiger partial charge on any atom is 0.351 e. The number of aromatic nitrogens is 4. The third kappa shape index (κ3) is 3.76. The van der Waals surface area contributed by atoms with E-state index in [2.05, 4.69) is 21.5 Å². The van der Waals surface area contributed by atoms with Gasteiger partial charge in [-0.3, -0.25) is 14.3 Å². The Kier molecular flexibility index (Phi) is 4.24. The van der Waals surface area contributed by atoms with E-state index in [1.165, 1.54) is 17.0 Å². The van der Waals surface area contributed by atoms with Crippen LogP contribution in [-0.4, -0.2) is 41.8 Å². The van der Waals surface area contributed by atoms with Crippen LogP contribution < -0.4 is 11.3 Å². The summed E-state index contributed by atoms with van der Waals surface area (Å²) < 4.78 is 17.4. The monoisotopic (exact) mass is 315 g/mol. The molecule has 5 N–H and O–H groups in total. The summed E-state index contributed by atoms with van der Waals surface area (Å²) in [5, 5.41) is 0. The van der Waals surface area contributed by atoms with Gasteiger partial charge in [0.1, 0.15) is 6.35 Å². The van der Waals surface area contributed by atoms with Crippen LogP contribution in [0, 0.1) is 0 Å². The van der Waals surface area contributed by atoms with E-state index in [4.69, 9.17) is 20.3 Å². The normalized spacial score (nSPS) is 13.4. The van der Waals surface area contributed by atoms with Crippen molar-refractivity contribution < 1.29 is 19.1 Å². The van der Waals surface area contributed by atoms with Gasteiger partial charge in [0.25, 0.3) is 5.56 Å². The fraction of sp³-hybridized carbons (Fsp3) is 0.300. The molecule has 0 saturated heterocycles. The molecule has 2 aromatic rings. The van der Waals surface area contributed by atoms with E-state index >= 15 is 0 Å². The van der Waals surface area contributed by atoms with Crippen LogP contribution in [0.15, 0.2) is 23.8 Å². The van der Waals surface area contributed by atoms with E-state index in [-0.39, 0.29) is 23.7 Å². The van der Waals surface area contributed by atoms with Gasteiger partial charge in [0.2, 0.25) is 5.95 Å². The predicted molar refractivity (Wildman–Crippen MR) is 74.5 cm³/mol. The third-order valence-corrected chi connectivity index (χ3v) is 3.07. The lowest BCUT2D eigenvalue weighted by atomic mass is 10.3. The Bertz CT molecular complexity index is 763. The van der Waals surface area contributed by atoms with Crippen LogP contribution in [0.3, 0.4) is 0 Å². The van der Waals surface area contributed by atoms with Gasteiger partial charge in [0.05, 0.1) is 19.0 Å². The predicted octanol–water partition coefficient (Wildman–Crippen LogP) is -0.592. The van der Waals surface area contributed by atoms with Crippen molar-refractivity contribution in [1.29, 1.82) is 0 Å². The van der Waals surface area contributed by atoms with Crippen LogP contribution >= 0.6 is 7.60 Å². The summed E-state index contributed by atoms with van der Waals surface area (Å²) >= 11 is 0. The van der Waals surface area contributed by atoms with Gasteiger partial charge in [-0.15, -0.1) is 6.58 Å². The largest absolute Gasteiger partial charge is 0.369 e. The molecule has 0 aliphatic carbocycles. The minimum absolute atomic E-state index is 0.0551. The zero-order valence-corrected chi connectivity index (χ0v) is 11.7. The molecule has 0 unspecified atom stereocenters. The number of aromatic amines is 1. The molecule has 2 heterocycles. The molecule has 21 heavy (non-hydrogen) atoms. The lowest BCUT2D eigenvalue weighted by Crippen LogP contribution is -2.19. The number of ether oxygens (including phenoxy) is 1. The topological polar surface area (TPSA) is 156 Å². The van der Waals surface area contributed by atoms with Gasteiger partial charge in [-0.2, -0.15) is 4.98 Å². The molecular formula is C10H14N5O5P. The summed E-state index contributed by atoms with van der Waals surface area (Å²) in [6.45, 7) is 3.67. The van der Waals surface area contributed by atoms with Crippen LogP contribution in [0.25, 0.3) is 11.2 Å². The van der Waals surface area contributed by atoms with Crippen molar-refractivity contribution in [2.75, 3.05) is 12.1 Å². The molecule has 0 amide bonds. The lowest BCUT2D eigenvalue weighted by molar-refractivity contribution is 0.0965. The van der Waals surface area contributed by atoms with Crippen molar-refractivity contribution in [3.63, 3.8) is 0 Å². The van der Waals surface area contributed by atoms with E-state index in [0.717, 1.165) is 0 Å². The number of nitrogens with two attached hydrogens (primary N) is 1. The fourth-order valence-electron chi connectivity index (χ4n) is 1.69. The number of hydrogen-bond donors (Lipinski definition) is 4. The Labute approximate surface area is 118 Å². The van der Waals surface area contributed by atoms with E-state index in [0.29, 0.717) is 0 Å². The summed E-state index contributed by atoms with van der Waals surface area (Å²) in [5.74, 6) is -0.0551. The molecule has 0 saturated carbocycles. The number of nitrogens with zero attached hydrogens (tertiary/aromatic N) is 3. The van der Waals surface area contributed by atoms with Crippen molar-refractivity contribution in [2.45, 2.75) is 12.6 Å². The molecule has 0 radical (unpaired) electrons. The van der Waals surface area contributed by atoms with Gasteiger partial charge in [-0.05, 0) is 0 Å². The maximum absolute atomic E-state index is 11.6. The van der Waals surface area contributed by atoms with Crippen LogP contribution in [0.2, 0.25) is 0 Å². The zero-order valence-electron chi connectivity index (χ0n) is 10.8.